The topological polar surface area (TPSA) is 49.5 Å². The molecule has 0 radical (unpaired) electrons. The van der Waals surface area contributed by atoms with E-state index in [0.29, 0.717) is 10.7 Å². The van der Waals surface area contributed by atoms with Crippen LogP contribution in [0.25, 0.3) is 0 Å². The largest absolute Gasteiger partial charge is 0.396 e. The van der Waals surface area contributed by atoms with Gasteiger partial charge in [-0.2, -0.15) is 0 Å². The van der Waals surface area contributed by atoms with Crippen molar-refractivity contribution < 1.29 is 5.11 Å². The Morgan fingerprint density at radius 3 is 2.94 bits per heavy atom. The molecule has 1 unspecified atom stereocenters. The summed E-state index contributed by atoms with van der Waals surface area (Å²) >= 11 is 6.05. The minimum Gasteiger partial charge on any atom is -0.396 e. The third-order valence-corrected chi connectivity index (χ3v) is 3.76. The molecule has 3 N–H and O–H groups in total. The van der Waals surface area contributed by atoms with Crippen LogP contribution in [0.5, 0.6) is 0 Å². The summed E-state index contributed by atoms with van der Waals surface area (Å²) in [6.07, 6.45) is 4.54. The van der Waals surface area contributed by atoms with Gasteiger partial charge in [0.05, 0.1) is 29.0 Å². The molecule has 0 aliphatic carbocycles. The van der Waals surface area contributed by atoms with Crippen molar-refractivity contribution in [3.05, 3.63) is 23.2 Å². The monoisotopic (exact) mass is 254 g/mol. The number of hydrogen-bond acceptors (Lipinski definition) is 3. The van der Waals surface area contributed by atoms with E-state index in [-0.39, 0.29) is 12.6 Å². The van der Waals surface area contributed by atoms with Crippen molar-refractivity contribution >= 4 is 23.0 Å². The van der Waals surface area contributed by atoms with Gasteiger partial charge < -0.3 is 15.7 Å². The number of hydrogen-bond donors (Lipinski definition) is 2. The number of benzene rings is 1. The summed E-state index contributed by atoms with van der Waals surface area (Å²) in [6, 6.07) is 5.85. The van der Waals surface area contributed by atoms with E-state index in [2.05, 4.69) is 4.90 Å². The lowest BCUT2D eigenvalue weighted by atomic mass is 10.1. The average Bonchev–Trinajstić information content (AvgIpc) is 2.57. The van der Waals surface area contributed by atoms with Crippen LogP contribution in [0, 0.1) is 0 Å². The van der Waals surface area contributed by atoms with Crippen molar-refractivity contribution in [1.82, 2.24) is 0 Å². The molecule has 4 heteroatoms. The number of anilines is 2. The van der Waals surface area contributed by atoms with E-state index in [9.17, 15) is 5.11 Å². The molecule has 0 aromatic heterocycles. The number of para-hydroxylation sites is 1. The van der Waals surface area contributed by atoms with E-state index < -0.39 is 0 Å². The normalized spacial score (nSPS) is 21.3. The molecule has 1 saturated heterocycles. The maximum Gasteiger partial charge on any atom is 0.0741 e. The molecule has 3 nitrogen and oxygen atoms in total. The Kier molecular flexibility index (Phi) is 4.13. The zero-order chi connectivity index (χ0) is 12.3. The van der Waals surface area contributed by atoms with Gasteiger partial charge in [0.2, 0.25) is 0 Å². The van der Waals surface area contributed by atoms with Crippen LogP contribution in [0.4, 0.5) is 11.4 Å². The Bertz CT molecular complexity index is 384. The summed E-state index contributed by atoms with van der Waals surface area (Å²) in [7, 11) is 0. The summed E-state index contributed by atoms with van der Waals surface area (Å²) < 4.78 is 0. The molecule has 1 aliphatic heterocycles. The number of halogens is 1. The van der Waals surface area contributed by atoms with Gasteiger partial charge in [-0.15, -0.1) is 0 Å². The van der Waals surface area contributed by atoms with E-state index in [1.165, 1.54) is 12.8 Å². The Morgan fingerprint density at radius 1 is 1.35 bits per heavy atom. The molecule has 17 heavy (non-hydrogen) atoms. The van der Waals surface area contributed by atoms with Crippen LogP contribution in [0.1, 0.15) is 25.7 Å². The number of aliphatic hydroxyl groups is 1. The first-order valence-electron chi connectivity index (χ1n) is 6.15. The number of rotatable bonds is 2. The second-order valence-corrected chi connectivity index (χ2v) is 4.96. The molecule has 1 aliphatic rings. The number of nitrogens with two attached hydrogens (primary N) is 1. The Hall–Kier alpha value is -0.930. The summed E-state index contributed by atoms with van der Waals surface area (Å²) in [5, 5.41) is 10.1. The number of nitrogen functional groups attached to an aromatic ring is 1. The molecular weight excluding hydrogens is 236 g/mol. The highest BCUT2D eigenvalue weighted by molar-refractivity contribution is 6.33. The van der Waals surface area contributed by atoms with Crippen molar-refractivity contribution in [1.29, 1.82) is 0 Å². The molecular formula is C13H19ClN2O. The van der Waals surface area contributed by atoms with Crippen LogP contribution in [0.2, 0.25) is 5.02 Å². The number of nitrogens with zero attached hydrogens (tertiary/aromatic N) is 1. The van der Waals surface area contributed by atoms with Crippen molar-refractivity contribution in [3.8, 4) is 0 Å². The van der Waals surface area contributed by atoms with Crippen LogP contribution < -0.4 is 10.6 Å². The van der Waals surface area contributed by atoms with Crippen LogP contribution in [-0.2, 0) is 0 Å². The lowest BCUT2D eigenvalue weighted by molar-refractivity contribution is 0.255. The average molecular weight is 255 g/mol. The van der Waals surface area contributed by atoms with Crippen LogP contribution >= 0.6 is 11.6 Å². The first kappa shape index (κ1) is 12.5. The van der Waals surface area contributed by atoms with E-state index in [1.807, 2.05) is 12.1 Å². The van der Waals surface area contributed by atoms with Gasteiger partial charge in [-0.1, -0.05) is 30.5 Å². The van der Waals surface area contributed by atoms with Crippen LogP contribution in [0.15, 0.2) is 18.2 Å². The van der Waals surface area contributed by atoms with E-state index >= 15 is 0 Å². The van der Waals surface area contributed by atoms with Crippen molar-refractivity contribution in [2.45, 2.75) is 31.7 Å². The molecule has 0 bridgehead atoms. The Morgan fingerprint density at radius 2 is 2.18 bits per heavy atom. The fourth-order valence-corrected chi connectivity index (χ4v) is 2.63. The van der Waals surface area contributed by atoms with E-state index in [0.717, 1.165) is 25.1 Å². The minimum atomic E-state index is 0.165. The van der Waals surface area contributed by atoms with Crippen molar-refractivity contribution in [2.75, 3.05) is 23.8 Å². The standard InChI is InChI=1S/C13H19ClN2O/c14-11-6-4-7-12(13(11)15)16-8-3-1-2-5-10(16)9-17/h4,6-7,10,17H,1-3,5,8-9,15H2. The van der Waals surface area contributed by atoms with Gasteiger partial charge in [0.1, 0.15) is 0 Å². The van der Waals surface area contributed by atoms with E-state index in [1.54, 1.807) is 6.07 Å². The van der Waals surface area contributed by atoms with Crippen molar-refractivity contribution in [2.24, 2.45) is 0 Å². The first-order chi connectivity index (χ1) is 8.24. The first-order valence-corrected chi connectivity index (χ1v) is 6.53. The van der Waals surface area contributed by atoms with Gasteiger partial charge in [0.25, 0.3) is 0 Å². The van der Waals surface area contributed by atoms with Crippen molar-refractivity contribution in [3.63, 3.8) is 0 Å². The summed E-state index contributed by atoms with van der Waals surface area (Å²) in [5.41, 5.74) is 7.60. The quantitative estimate of drug-likeness (QED) is 0.798. The SMILES string of the molecule is Nc1c(Cl)cccc1N1CCCCCC1CO. The molecule has 94 valence electrons. The summed E-state index contributed by atoms with van der Waals surface area (Å²) in [5.74, 6) is 0. The molecule has 1 heterocycles. The van der Waals surface area contributed by atoms with Crippen LogP contribution in [0.3, 0.4) is 0 Å². The fourth-order valence-electron chi connectivity index (χ4n) is 2.46. The maximum atomic E-state index is 9.49. The smallest absolute Gasteiger partial charge is 0.0741 e. The van der Waals surface area contributed by atoms with Gasteiger partial charge in [-0.3, -0.25) is 0 Å². The third kappa shape index (κ3) is 2.67. The maximum absolute atomic E-state index is 9.49. The Labute approximate surface area is 107 Å². The second-order valence-electron chi connectivity index (χ2n) is 4.55. The lowest BCUT2D eigenvalue weighted by Crippen LogP contribution is -2.38. The van der Waals surface area contributed by atoms with Gasteiger partial charge in [-0.05, 0) is 25.0 Å². The van der Waals surface area contributed by atoms with Gasteiger partial charge in [-0.25, -0.2) is 0 Å². The predicted molar refractivity (Wildman–Crippen MR) is 72.6 cm³/mol. The zero-order valence-corrected chi connectivity index (χ0v) is 10.7. The zero-order valence-electron chi connectivity index (χ0n) is 9.90. The molecule has 1 aromatic rings. The van der Waals surface area contributed by atoms with E-state index in [4.69, 9.17) is 17.3 Å². The molecule has 2 rings (SSSR count). The molecule has 0 saturated carbocycles. The lowest BCUT2D eigenvalue weighted by Gasteiger charge is -2.32. The highest BCUT2D eigenvalue weighted by atomic mass is 35.5. The predicted octanol–water partition coefficient (Wildman–Crippen LogP) is 2.66. The molecule has 0 spiro atoms. The molecule has 1 aromatic carbocycles. The highest BCUT2D eigenvalue weighted by Crippen LogP contribution is 2.33. The fraction of sp³-hybridized carbons (Fsp3) is 0.538. The molecule has 1 atom stereocenters. The third-order valence-electron chi connectivity index (χ3n) is 3.43. The van der Waals surface area contributed by atoms with Gasteiger partial charge in [0.15, 0.2) is 0 Å². The Balaban J connectivity index is 2.31. The summed E-state index contributed by atoms with van der Waals surface area (Å²) in [6.45, 7) is 1.11. The van der Waals surface area contributed by atoms with Gasteiger partial charge in [0, 0.05) is 6.54 Å². The second kappa shape index (κ2) is 5.61. The minimum absolute atomic E-state index is 0.165. The summed E-state index contributed by atoms with van der Waals surface area (Å²) in [4.78, 5) is 2.20. The van der Waals surface area contributed by atoms with Crippen LogP contribution in [-0.4, -0.2) is 24.3 Å². The highest BCUT2D eigenvalue weighted by Gasteiger charge is 2.22. The molecule has 1 fully saturated rings. The molecule has 0 amide bonds. The van der Waals surface area contributed by atoms with Gasteiger partial charge >= 0.3 is 0 Å². The number of aliphatic hydroxyl groups excluding tert-OH is 1.